The van der Waals surface area contributed by atoms with Crippen LogP contribution >= 0.6 is 27.5 Å². The minimum atomic E-state index is 0.181. The number of benzene rings is 1. The third-order valence-corrected chi connectivity index (χ3v) is 4.32. The van der Waals surface area contributed by atoms with Gasteiger partial charge in [0.15, 0.2) is 0 Å². The Bertz CT molecular complexity index is 391. The van der Waals surface area contributed by atoms with Crippen LogP contribution in [0.4, 0.5) is 0 Å². The molecule has 0 atom stereocenters. The highest BCUT2D eigenvalue weighted by molar-refractivity contribution is 9.10. The number of hydrogen-bond donors (Lipinski definition) is 1. The third-order valence-electron chi connectivity index (χ3n) is 3.31. The van der Waals surface area contributed by atoms with E-state index in [4.69, 9.17) is 16.3 Å². The average Bonchev–Trinajstić information content (AvgIpc) is 2.31. The highest BCUT2D eigenvalue weighted by Gasteiger charge is 2.26. The largest absolute Gasteiger partial charge is 0.381 e. The lowest BCUT2D eigenvalue weighted by molar-refractivity contribution is 0.0446. The summed E-state index contributed by atoms with van der Waals surface area (Å²) in [6.07, 6.45) is 2.12. The fourth-order valence-corrected chi connectivity index (χ4v) is 2.57. The van der Waals surface area contributed by atoms with Gasteiger partial charge in [-0.25, -0.2) is 0 Å². The van der Waals surface area contributed by atoms with Crippen LogP contribution in [-0.2, 0) is 11.3 Å². The molecule has 0 bridgehead atoms. The molecule has 1 N–H and O–H groups in total. The average molecular weight is 319 g/mol. The topological polar surface area (TPSA) is 21.3 Å². The maximum absolute atomic E-state index is 6.00. The van der Waals surface area contributed by atoms with Crippen molar-refractivity contribution in [2.24, 2.45) is 0 Å². The molecule has 0 amide bonds. The van der Waals surface area contributed by atoms with E-state index in [9.17, 15) is 0 Å². The van der Waals surface area contributed by atoms with Gasteiger partial charge in [-0.15, -0.1) is 0 Å². The predicted octanol–water partition coefficient (Wildman–Crippen LogP) is 3.76. The van der Waals surface area contributed by atoms with Gasteiger partial charge in [0.25, 0.3) is 0 Å². The first kappa shape index (κ1) is 13.3. The lowest BCUT2D eigenvalue weighted by Gasteiger charge is -2.34. The molecule has 1 fully saturated rings. The lowest BCUT2D eigenvalue weighted by atomic mass is 9.92. The van der Waals surface area contributed by atoms with Gasteiger partial charge in [0.1, 0.15) is 0 Å². The van der Waals surface area contributed by atoms with Crippen LogP contribution in [-0.4, -0.2) is 18.8 Å². The number of halogens is 2. The molecule has 0 unspecified atom stereocenters. The quantitative estimate of drug-likeness (QED) is 0.916. The summed E-state index contributed by atoms with van der Waals surface area (Å²) >= 11 is 9.55. The lowest BCUT2D eigenvalue weighted by Crippen LogP contribution is -2.46. The molecule has 2 rings (SSSR count). The van der Waals surface area contributed by atoms with Gasteiger partial charge in [-0.1, -0.05) is 27.5 Å². The van der Waals surface area contributed by atoms with Gasteiger partial charge >= 0.3 is 0 Å². The Kier molecular flexibility index (Phi) is 4.47. The molecule has 94 valence electrons. The summed E-state index contributed by atoms with van der Waals surface area (Å²) < 4.78 is 6.49. The highest BCUT2D eigenvalue weighted by atomic mass is 79.9. The summed E-state index contributed by atoms with van der Waals surface area (Å²) in [7, 11) is 0. The smallest absolute Gasteiger partial charge is 0.0483 e. The fraction of sp³-hybridized carbons (Fsp3) is 0.538. The second-order valence-electron chi connectivity index (χ2n) is 4.76. The zero-order valence-corrected chi connectivity index (χ0v) is 12.3. The van der Waals surface area contributed by atoms with Crippen molar-refractivity contribution in [2.75, 3.05) is 13.2 Å². The second-order valence-corrected chi connectivity index (χ2v) is 6.05. The van der Waals surface area contributed by atoms with Crippen LogP contribution in [0.15, 0.2) is 22.7 Å². The molecule has 4 heteroatoms. The number of ether oxygens (including phenoxy) is 1. The molecule has 1 heterocycles. The Morgan fingerprint density at radius 2 is 2.12 bits per heavy atom. The van der Waals surface area contributed by atoms with Crippen molar-refractivity contribution in [3.63, 3.8) is 0 Å². The Hall–Kier alpha value is -0.0900. The van der Waals surface area contributed by atoms with Crippen molar-refractivity contribution < 1.29 is 4.74 Å². The van der Waals surface area contributed by atoms with Gasteiger partial charge in [-0.05, 0) is 43.5 Å². The van der Waals surface area contributed by atoms with E-state index in [0.29, 0.717) is 0 Å². The first-order chi connectivity index (χ1) is 8.09. The minimum Gasteiger partial charge on any atom is -0.381 e. The summed E-state index contributed by atoms with van der Waals surface area (Å²) in [6.45, 7) is 4.78. The molecular formula is C13H17BrClNO. The van der Waals surface area contributed by atoms with Crippen LogP contribution in [0.25, 0.3) is 0 Å². The van der Waals surface area contributed by atoms with Crippen LogP contribution in [0.1, 0.15) is 25.3 Å². The molecule has 0 aromatic heterocycles. The maximum Gasteiger partial charge on any atom is 0.0483 e. The monoisotopic (exact) mass is 317 g/mol. The molecule has 1 aliphatic heterocycles. The maximum atomic E-state index is 6.00. The van der Waals surface area contributed by atoms with Gasteiger partial charge in [0, 0.05) is 34.8 Å². The normalized spacial score (nSPS) is 19.2. The van der Waals surface area contributed by atoms with Crippen molar-refractivity contribution in [3.8, 4) is 0 Å². The van der Waals surface area contributed by atoms with E-state index < -0.39 is 0 Å². The van der Waals surface area contributed by atoms with Gasteiger partial charge in [-0.3, -0.25) is 0 Å². The zero-order chi connectivity index (χ0) is 12.3. The van der Waals surface area contributed by atoms with Crippen molar-refractivity contribution >= 4 is 27.5 Å². The van der Waals surface area contributed by atoms with E-state index in [1.807, 2.05) is 18.2 Å². The molecule has 0 saturated carbocycles. The van der Waals surface area contributed by atoms with Crippen LogP contribution in [0, 0.1) is 0 Å². The molecule has 1 aliphatic rings. The van der Waals surface area contributed by atoms with Crippen LogP contribution in [0.5, 0.6) is 0 Å². The van der Waals surface area contributed by atoms with Crippen LogP contribution in [0.3, 0.4) is 0 Å². The molecule has 1 saturated heterocycles. The molecule has 1 aromatic carbocycles. The van der Waals surface area contributed by atoms with Gasteiger partial charge in [0.05, 0.1) is 0 Å². The SMILES string of the molecule is CC1(NCc2cc(Cl)ccc2Br)CCOCC1. The summed E-state index contributed by atoms with van der Waals surface area (Å²) in [5.74, 6) is 0. The number of nitrogens with one attached hydrogen (secondary N) is 1. The second kappa shape index (κ2) is 5.70. The van der Waals surface area contributed by atoms with Gasteiger partial charge in [0.2, 0.25) is 0 Å². The van der Waals surface area contributed by atoms with E-state index in [1.54, 1.807) is 0 Å². The van der Waals surface area contributed by atoms with Crippen molar-refractivity contribution in [1.29, 1.82) is 0 Å². The molecule has 2 nitrogen and oxygen atoms in total. The molecule has 1 aromatic rings. The van der Waals surface area contributed by atoms with Gasteiger partial charge in [-0.2, -0.15) is 0 Å². The third kappa shape index (κ3) is 3.68. The Balaban J connectivity index is 1.99. The Morgan fingerprint density at radius 3 is 2.82 bits per heavy atom. The van der Waals surface area contributed by atoms with Crippen molar-refractivity contribution in [2.45, 2.75) is 31.8 Å². The van der Waals surface area contributed by atoms with E-state index in [1.165, 1.54) is 5.56 Å². The van der Waals surface area contributed by atoms with Crippen LogP contribution in [0.2, 0.25) is 5.02 Å². The highest BCUT2D eigenvalue weighted by Crippen LogP contribution is 2.24. The minimum absolute atomic E-state index is 0.181. The fourth-order valence-electron chi connectivity index (χ4n) is 1.99. The number of hydrogen-bond acceptors (Lipinski definition) is 2. The van der Waals surface area contributed by atoms with E-state index >= 15 is 0 Å². The van der Waals surface area contributed by atoms with E-state index in [2.05, 4.69) is 28.2 Å². The predicted molar refractivity (Wildman–Crippen MR) is 74.4 cm³/mol. The summed E-state index contributed by atoms with van der Waals surface area (Å²) in [5.41, 5.74) is 1.38. The van der Waals surface area contributed by atoms with Crippen LogP contribution < -0.4 is 5.32 Å². The molecule has 0 radical (unpaired) electrons. The first-order valence-corrected chi connectivity index (χ1v) is 7.03. The summed E-state index contributed by atoms with van der Waals surface area (Å²) in [6, 6.07) is 5.89. The van der Waals surface area contributed by atoms with Crippen molar-refractivity contribution in [3.05, 3.63) is 33.3 Å². The summed E-state index contributed by atoms with van der Waals surface area (Å²) in [4.78, 5) is 0. The standard InChI is InChI=1S/C13H17BrClNO/c1-13(4-6-17-7-5-13)16-9-10-8-11(15)2-3-12(10)14/h2-3,8,16H,4-7,9H2,1H3. The zero-order valence-electron chi connectivity index (χ0n) is 9.93. The van der Waals surface area contributed by atoms with E-state index in [-0.39, 0.29) is 5.54 Å². The molecular weight excluding hydrogens is 302 g/mol. The Morgan fingerprint density at radius 1 is 1.41 bits per heavy atom. The molecule has 17 heavy (non-hydrogen) atoms. The summed E-state index contributed by atoms with van der Waals surface area (Å²) in [5, 5.41) is 4.39. The first-order valence-electron chi connectivity index (χ1n) is 5.86. The molecule has 0 spiro atoms. The van der Waals surface area contributed by atoms with Gasteiger partial charge < -0.3 is 10.1 Å². The number of rotatable bonds is 3. The van der Waals surface area contributed by atoms with Crippen molar-refractivity contribution in [1.82, 2.24) is 5.32 Å². The van der Waals surface area contributed by atoms with E-state index in [0.717, 1.165) is 42.1 Å². The molecule has 0 aliphatic carbocycles. The Labute approximate surface area is 116 Å².